The first-order valence-electron chi connectivity index (χ1n) is 8.19. The number of hydrogen-bond acceptors (Lipinski definition) is 6. The number of amides is 1. The second-order valence-corrected chi connectivity index (χ2v) is 6.51. The lowest BCUT2D eigenvalue weighted by Gasteiger charge is -2.37. The van der Waals surface area contributed by atoms with Crippen LogP contribution in [0.4, 0.5) is 30.7 Å². The molecule has 2 saturated heterocycles. The van der Waals surface area contributed by atoms with E-state index in [9.17, 15) is 40.6 Å². The van der Waals surface area contributed by atoms with Crippen molar-refractivity contribution in [3.63, 3.8) is 0 Å². The van der Waals surface area contributed by atoms with Crippen LogP contribution in [-0.4, -0.2) is 47.1 Å². The first-order chi connectivity index (χ1) is 13.3. The summed E-state index contributed by atoms with van der Waals surface area (Å²) in [6.45, 7) is 1.28. The van der Waals surface area contributed by atoms with Gasteiger partial charge in [-0.15, -0.1) is 13.2 Å². The van der Waals surface area contributed by atoms with Gasteiger partial charge in [-0.3, -0.25) is 10.1 Å². The van der Waals surface area contributed by atoms with Gasteiger partial charge >= 0.3 is 12.5 Å². The SMILES string of the molecule is CC(c1ccc(OC(F)(F)F)cc1F)N1NC(C(F)(F)F)C2C(=O)NC(O)NC21. The van der Waals surface area contributed by atoms with E-state index in [-0.39, 0.29) is 5.56 Å². The Morgan fingerprint density at radius 2 is 1.86 bits per heavy atom. The predicted octanol–water partition coefficient (Wildman–Crippen LogP) is 1.47. The van der Waals surface area contributed by atoms with Crippen LogP contribution in [-0.2, 0) is 4.79 Å². The Balaban J connectivity index is 1.90. The number of halogens is 7. The highest BCUT2D eigenvalue weighted by Crippen LogP contribution is 2.39. The molecular formula is C15H15F7N4O3. The van der Waals surface area contributed by atoms with E-state index in [0.29, 0.717) is 6.07 Å². The molecule has 1 amide bonds. The summed E-state index contributed by atoms with van der Waals surface area (Å²) in [5.41, 5.74) is 1.84. The number of aliphatic hydroxyl groups is 1. The normalized spacial score (nSPS) is 29.3. The molecule has 0 aliphatic carbocycles. The second kappa shape index (κ2) is 7.27. The van der Waals surface area contributed by atoms with E-state index >= 15 is 0 Å². The van der Waals surface area contributed by atoms with Crippen molar-refractivity contribution in [2.24, 2.45) is 5.92 Å². The van der Waals surface area contributed by atoms with Crippen molar-refractivity contribution in [3.05, 3.63) is 29.6 Å². The maximum absolute atomic E-state index is 14.4. The van der Waals surface area contributed by atoms with Crippen molar-refractivity contribution in [1.82, 2.24) is 21.1 Å². The summed E-state index contributed by atoms with van der Waals surface area (Å²) in [6, 6.07) is -1.30. The quantitative estimate of drug-likeness (QED) is 0.542. The van der Waals surface area contributed by atoms with Crippen molar-refractivity contribution in [2.45, 2.75) is 44.1 Å². The van der Waals surface area contributed by atoms with Crippen molar-refractivity contribution in [2.75, 3.05) is 0 Å². The Morgan fingerprint density at radius 1 is 1.21 bits per heavy atom. The standard InChI is InChI=1S/C15H15F7N4O3/c1-5(7-3-2-6(4-8(7)16)29-15(20,21)22)26-11-9(10(25-26)14(17,18)19)12(27)24-13(28)23-11/h2-5,9-11,13,23,25,28H,1H3,(H,24,27). The molecular weight excluding hydrogens is 417 g/mol. The van der Waals surface area contributed by atoms with Crippen LogP contribution in [0.2, 0.25) is 0 Å². The molecule has 1 aromatic rings. The fraction of sp³-hybridized carbons (Fsp3) is 0.533. The lowest BCUT2D eigenvalue weighted by Crippen LogP contribution is -2.65. The van der Waals surface area contributed by atoms with E-state index in [4.69, 9.17) is 0 Å². The Hall–Kier alpha value is -2.16. The van der Waals surface area contributed by atoms with E-state index in [1.807, 2.05) is 5.32 Å². The zero-order chi connectivity index (χ0) is 21.7. The molecule has 29 heavy (non-hydrogen) atoms. The number of nitrogens with zero attached hydrogens (tertiary/aromatic N) is 1. The van der Waals surface area contributed by atoms with Gasteiger partial charge in [-0.1, -0.05) is 6.07 Å². The molecule has 4 N–H and O–H groups in total. The van der Waals surface area contributed by atoms with Gasteiger partial charge in [0.05, 0.1) is 18.1 Å². The number of rotatable bonds is 3. The number of hydrogen-bond donors (Lipinski definition) is 4. The zero-order valence-electron chi connectivity index (χ0n) is 14.5. The Kier molecular flexibility index (Phi) is 5.40. The third-order valence-corrected chi connectivity index (χ3v) is 4.62. The van der Waals surface area contributed by atoms with E-state index in [2.05, 4.69) is 15.5 Å². The third-order valence-electron chi connectivity index (χ3n) is 4.62. The minimum absolute atomic E-state index is 0.254. The van der Waals surface area contributed by atoms with Gasteiger partial charge in [0.15, 0.2) is 6.35 Å². The minimum Gasteiger partial charge on any atom is -0.406 e. The Bertz CT molecular complexity index is 788. The van der Waals surface area contributed by atoms with Crippen LogP contribution >= 0.6 is 0 Å². The highest BCUT2D eigenvalue weighted by Gasteiger charge is 2.60. The van der Waals surface area contributed by atoms with Crippen LogP contribution in [0.1, 0.15) is 18.5 Å². The Morgan fingerprint density at radius 3 is 2.41 bits per heavy atom. The van der Waals surface area contributed by atoms with Gasteiger partial charge in [-0.2, -0.15) is 13.2 Å². The summed E-state index contributed by atoms with van der Waals surface area (Å²) in [6.07, 6.45) is -12.9. The van der Waals surface area contributed by atoms with Gasteiger partial charge < -0.3 is 15.2 Å². The van der Waals surface area contributed by atoms with Gasteiger partial charge in [0.1, 0.15) is 17.6 Å². The van der Waals surface area contributed by atoms with E-state index in [1.54, 1.807) is 0 Å². The number of carbonyl (C=O) groups is 1. The van der Waals surface area contributed by atoms with Crippen molar-refractivity contribution >= 4 is 5.91 Å². The van der Waals surface area contributed by atoms with Gasteiger partial charge in [0, 0.05) is 11.6 Å². The first-order valence-corrected chi connectivity index (χ1v) is 8.19. The lowest BCUT2D eigenvalue weighted by atomic mass is 9.95. The number of carbonyl (C=O) groups excluding carboxylic acids is 1. The zero-order valence-corrected chi connectivity index (χ0v) is 14.5. The molecule has 0 spiro atoms. The van der Waals surface area contributed by atoms with Gasteiger partial charge in [0.25, 0.3) is 0 Å². The van der Waals surface area contributed by atoms with Crippen LogP contribution in [0.5, 0.6) is 5.75 Å². The van der Waals surface area contributed by atoms with Crippen molar-refractivity contribution < 1.29 is 45.4 Å². The molecule has 1 aromatic carbocycles. The lowest BCUT2D eigenvalue weighted by molar-refractivity contribution is -0.274. The number of alkyl halides is 6. The number of benzene rings is 1. The average Bonchev–Trinajstić information content (AvgIpc) is 2.92. The molecule has 5 atom stereocenters. The highest BCUT2D eigenvalue weighted by atomic mass is 19.4. The van der Waals surface area contributed by atoms with Crippen LogP contribution in [0.3, 0.4) is 0 Å². The molecule has 2 aliphatic rings. The van der Waals surface area contributed by atoms with Crippen molar-refractivity contribution in [3.8, 4) is 5.75 Å². The highest BCUT2D eigenvalue weighted by molar-refractivity contribution is 5.81. The van der Waals surface area contributed by atoms with Crippen LogP contribution < -0.4 is 20.8 Å². The summed E-state index contributed by atoms with van der Waals surface area (Å²) in [5, 5.41) is 14.8. The Labute approximate surface area is 158 Å². The molecule has 5 unspecified atom stereocenters. The first kappa shape index (κ1) is 21.5. The number of nitrogens with one attached hydrogen (secondary N) is 3. The smallest absolute Gasteiger partial charge is 0.406 e. The molecule has 14 heteroatoms. The number of ether oxygens (including phenoxy) is 1. The molecule has 3 rings (SSSR count). The van der Waals surface area contributed by atoms with E-state index in [1.165, 1.54) is 6.92 Å². The summed E-state index contributed by atoms with van der Waals surface area (Å²) in [7, 11) is 0. The molecule has 0 saturated carbocycles. The fourth-order valence-electron chi connectivity index (χ4n) is 3.41. The fourth-order valence-corrected chi connectivity index (χ4v) is 3.41. The van der Waals surface area contributed by atoms with E-state index in [0.717, 1.165) is 17.1 Å². The second-order valence-electron chi connectivity index (χ2n) is 6.51. The van der Waals surface area contributed by atoms with Crippen molar-refractivity contribution in [1.29, 1.82) is 0 Å². The molecule has 2 aliphatic heterocycles. The summed E-state index contributed by atoms with van der Waals surface area (Å²) >= 11 is 0. The predicted molar refractivity (Wildman–Crippen MR) is 80.9 cm³/mol. The molecule has 2 heterocycles. The monoisotopic (exact) mass is 432 g/mol. The molecule has 7 nitrogen and oxygen atoms in total. The maximum Gasteiger partial charge on any atom is 0.573 e. The maximum atomic E-state index is 14.4. The minimum atomic E-state index is -5.04. The average molecular weight is 432 g/mol. The van der Waals surface area contributed by atoms with Crippen LogP contribution in [0.15, 0.2) is 18.2 Å². The van der Waals surface area contributed by atoms with Crippen LogP contribution in [0, 0.1) is 11.7 Å². The van der Waals surface area contributed by atoms with Gasteiger partial charge in [-0.25, -0.2) is 14.8 Å². The molecule has 162 valence electrons. The molecule has 0 bridgehead atoms. The largest absolute Gasteiger partial charge is 0.573 e. The summed E-state index contributed by atoms with van der Waals surface area (Å²) in [5.74, 6) is -4.76. The van der Waals surface area contributed by atoms with Crippen LogP contribution in [0.25, 0.3) is 0 Å². The third kappa shape index (κ3) is 4.39. The molecule has 0 aromatic heterocycles. The number of hydrazine groups is 1. The van der Waals surface area contributed by atoms with Gasteiger partial charge in [0.2, 0.25) is 5.91 Å². The molecule has 2 fully saturated rings. The number of aliphatic hydroxyl groups excluding tert-OH is 1. The summed E-state index contributed by atoms with van der Waals surface area (Å²) in [4.78, 5) is 12.0. The number of fused-ring (bicyclic) bond motifs is 1. The van der Waals surface area contributed by atoms with E-state index < -0.39 is 60.5 Å². The molecule has 0 radical (unpaired) electrons. The summed E-state index contributed by atoms with van der Waals surface area (Å²) < 4.78 is 94.8. The topological polar surface area (TPSA) is 85.9 Å². The van der Waals surface area contributed by atoms with Gasteiger partial charge in [-0.05, 0) is 13.0 Å².